The summed E-state index contributed by atoms with van der Waals surface area (Å²) in [5, 5.41) is 8.60. The van der Waals surface area contributed by atoms with Crippen LogP contribution < -0.4 is 0 Å². The zero-order chi connectivity index (χ0) is 12.7. The van der Waals surface area contributed by atoms with Crippen LogP contribution in [0.3, 0.4) is 0 Å². The molecular formula is C12H10ClN3OS. The quantitative estimate of drug-likeness (QED) is 0.721. The number of halogens is 1. The van der Waals surface area contributed by atoms with E-state index in [-0.39, 0.29) is 0 Å². The summed E-state index contributed by atoms with van der Waals surface area (Å²) in [6.07, 6.45) is 0. The van der Waals surface area contributed by atoms with Crippen LogP contribution in [0.1, 0.15) is 6.92 Å². The standard InChI is InChI=1S/C12H10ClN3OS/c1-2-16-11(14-15-12(16)18)10-6-7-5-8(13)3-4-9(7)17-10/h3-6H,2H2,1H3,(H,15,18). The molecule has 0 aliphatic heterocycles. The van der Waals surface area contributed by atoms with Crippen LogP contribution in [-0.4, -0.2) is 14.8 Å². The second kappa shape index (κ2) is 4.26. The smallest absolute Gasteiger partial charge is 0.198 e. The molecule has 0 saturated heterocycles. The van der Waals surface area contributed by atoms with Crippen LogP contribution >= 0.6 is 23.8 Å². The molecule has 2 heterocycles. The number of aromatic amines is 1. The number of nitrogens with zero attached hydrogens (tertiary/aromatic N) is 2. The van der Waals surface area contributed by atoms with Gasteiger partial charge in [-0.25, -0.2) is 0 Å². The van der Waals surface area contributed by atoms with Crippen LogP contribution in [0.2, 0.25) is 5.02 Å². The van der Waals surface area contributed by atoms with E-state index in [2.05, 4.69) is 10.2 Å². The molecule has 0 fully saturated rings. The summed E-state index contributed by atoms with van der Waals surface area (Å²) in [6, 6.07) is 7.42. The van der Waals surface area contributed by atoms with E-state index >= 15 is 0 Å². The molecule has 0 atom stereocenters. The van der Waals surface area contributed by atoms with Crippen molar-refractivity contribution in [3.05, 3.63) is 34.1 Å². The normalized spacial score (nSPS) is 11.2. The maximum Gasteiger partial charge on any atom is 0.198 e. The fourth-order valence-corrected chi connectivity index (χ4v) is 2.37. The molecule has 0 aliphatic rings. The van der Waals surface area contributed by atoms with Crippen molar-refractivity contribution in [3.8, 4) is 11.6 Å². The molecule has 1 aromatic carbocycles. The number of fused-ring (bicyclic) bond motifs is 1. The van der Waals surface area contributed by atoms with Gasteiger partial charge in [-0.05, 0) is 43.4 Å². The first-order valence-electron chi connectivity index (χ1n) is 5.53. The first-order valence-corrected chi connectivity index (χ1v) is 6.32. The van der Waals surface area contributed by atoms with Gasteiger partial charge >= 0.3 is 0 Å². The summed E-state index contributed by atoms with van der Waals surface area (Å²) in [6.45, 7) is 2.75. The molecular weight excluding hydrogens is 270 g/mol. The summed E-state index contributed by atoms with van der Waals surface area (Å²) in [4.78, 5) is 0. The minimum absolute atomic E-state index is 0.589. The molecule has 0 spiro atoms. The number of benzene rings is 1. The van der Waals surface area contributed by atoms with Gasteiger partial charge in [-0.15, -0.1) is 0 Å². The highest BCUT2D eigenvalue weighted by molar-refractivity contribution is 7.71. The van der Waals surface area contributed by atoms with E-state index in [4.69, 9.17) is 28.2 Å². The molecule has 6 heteroatoms. The Morgan fingerprint density at radius 3 is 3.06 bits per heavy atom. The first kappa shape index (κ1) is 11.5. The number of aromatic nitrogens is 3. The van der Waals surface area contributed by atoms with Gasteiger partial charge in [0.05, 0.1) is 0 Å². The Morgan fingerprint density at radius 1 is 1.44 bits per heavy atom. The first-order chi connectivity index (χ1) is 8.69. The highest BCUT2D eigenvalue weighted by Crippen LogP contribution is 2.28. The lowest BCUT2D eigenvalue weighted by molar-refractivity contribution is 0.614. The maximum absolute atomic E-state index is 5.95. The molecule has 0 bridgehead atoms. The van der Waals surface area contributed by atoms with Crippen molar-refractivity contribution in [2.24, 2.45) is 0 Å². The molecule has 1 N–H and O–H groups in total. The van der Waals surface area contributed by atoms with E-state index in [1.807, 2.05) is 29.7 Å². The van der Waals surface area contributed by atoms with Gasteiger partial charge in [0.1, 0.15) is 5.58 Å². The fraction of sp³-hybridized carbons (Fsp3) is 0.167. The van der Waals surface area contributed by atoms with Crippen molar-refractivity contribution < 1.29 is 4.42 Å². The largest absolute Gasteiger partial charge is 0.453 e. The average Bonchev–Trinajstić information content (AvgIpc) is 2.91. The van der Waals surface area contributed by atoms with E-state index in [1.165, 1.54) is 0 Å². The third kappa shape index (κ3) is 1.76. The van der Waals surface area contributed by atoms with Crippen molar-refractivity contribution in [3.63, 3.8) is 0 Å². The Hall–Kier alpha value is -1.59. The zero-order valence-corrected chi connectivity index (χ0v) is 11.2. The highest BCUT2D eigenvalue weighted by Gasteiger charge is 2.13. The van der Waals surface area contributed by atoms with Crippen molar-refractivity contribution in [1.82, 2.24) is 14.8 Å². The van der Waals surface area contributed by atoms with Gasteiger partial charge in [0.15, 0.2) is 16.4 Å². The van der Waals surface area contributed by atoms with Gasteiger partial charge in [0.25, 0.3) is 0 Å². The number of furan rings is 1. The molecule has 4 nitrogen and oxygen atoms in total. The predicted octanol–water partition coefficient (Wildman–Crippen LogP) is 4.03. The fourth-order valence-electron chi connectivity index (χ4n) is 1.92. The zero-order valence-electron chi connectivity index (χ0n) is 9.61. The molecule has 0 radical (unpaired) electrons. The van der Waals surface area contributed by atoms with Gasteiger partial charge in [0, 0.05) is 17.0 Å². The Morgan fingerprint density at radius 2 is 2.28 bits per heavy atom. The summed E-state index contributed by atoms with van der Waals surface area (Å²) in [7, 11) is 0. The lowest BCUT2D eigenvalue weighted by atomic mass is 10.2. The van der Waals surface area contributed by atoms with E-state index in [0.29, 0.717) is 21.4 Å². The number of nitrogens with one attached hydrogen (secondary N) is 1. The van der Waals surface area contributed by atoms with E-state index < -0.39 is 0 Å². The minimum Gasteiger partial charge on any atom is -0.453 e. The summed E-state index contributed by atoms with van der Waals surface area (Å²) in [5.41, 5.74) is 0.783. The summed E-state index contributed by atoms with van der Waals surface area (Å²) in [5.74, 6) is 1.39. The molecule has 0 unspecified atom stereocenters. The SMILES string of the molecule is CCn1c(-c2cc3cc(Cl)ccc3o2)n[nH]c1=S. The van der Waals surface area contributed by atoms with Crippen LogP contribution in [0.4, 0.5) is 0 Å². The van der Waals surface area contributed by atoms with E-state index in [9.17, 15) is 0 Å². The van der Waals surface area contributed by atoms with E-state index in [0.717, 1.165) is 17.5 Å². The molecule has 92 valence electrons. The molecule has 0 aliphatic carbocycles. The Labute approximate surface area is 113 Å². The number of hydrogen-bond acceptors (Lipinski definition) is 3. The average molecular weight is 280 g/mol. The highest BCUT2D eigenvalue weighted by atomic mass is 35.5. The lowest BCUT2D eigenvalue weighted by Gasteiger charge is -1.98. The van der Waals surface area contributed by atoms with Crippen LogP contribution in [0.5, 0.6) is 0 Å². The Bertz CT molecular complexity index is 771. The number of rotatable bonds is 2. The number of H-pyrrole nitrogens is 1. The molecule has 0 saturated carbocycles. The maximum atomic E-state index is 5.95. The third-order valence-electron chi connectivity index (χ3n) is 2.77. The predicted molar refractivity (Wildman–Crippen MR) is 73.3 cm³/mol. The van der Waals surface area contributed by atoms with Gasteiger partial charge in [0.2, 0.25) is 0 Å². The lowest BCUT2D eigenvalue weighted by Crippen LogP contribution is -1.96. The topological polar surface area (TPSA) is 46.8 Å². The van der Waals surface area contributed by atoms with Crippen LogP contribution in [0.25, 0.3) is 22.6 Å². The van der Waals surface area contributed by atoms with Crippen molar-refractivity contribution in [2.45, 2.75) is 13.5 Å². The van der Waals surface area contributed by atoms with Crippen LogP contribution in [-0.2, 0) is 6.54 Å². The van der Waals surface area contributed by atoms with Crippen LogP contribution in [0.15, 0.2) is 28.7 Å². The Balaban J connectivity index is 2.22. The molecule has 0 amide bonds. The Kier molecular flexibility index (Phi) is 2.72. The molecule has 18 heavy (non-hydrogen) atoms. The third-order valence-corrected chi connectivity index (χ3v) is 3.32. The second-order valence-electron chi connectivity index (χ2n) is 3.89. The molecule has 3 aromatic rings. The van der Waals surface area contributed by atoms with Crippen LogP contribution in [0, 0.1) is 4.77 Å². The summed E-state index contributed by atoms with van der Waals surface area (Å²) < 4.78 is 8.23. The van der Waals surface area contributed by atoms with Gasteiger partial charge in [-0.3, -0.25) is 9.67 Å². The minimum atomic E-state index is 0.589. The summed E-state index contributed by atoms with van der Waals surface area (Å²) >= 11 is 11.1. The van der Waals surface area contributed by atoms with Crippen molar-refractivity contribution in [2.75, 3.05) is 0 Å². The van der Waals surface area contributed by atoms with E-state index in [1.54, 1.807) is 6.07 Å². The second-order valence-corrected chi connectivity index (χ2v) is 4.71. The van der Waals surface area contributed by atoms with Crippen molar-refractivity contribution in [1.29, 1.82) is 0 Å². The van der Waals surface area contributed by atoms with Crippen molar-refractivity contribution >= 4 is 34.8 Å². The monoisotopic (exact) mass is 279 g/mol. The van der Waals surface area contributed by atoms with Gasteiger partial charge in [-0.1, -0.05) is 11.6 Å². The van der Waals surface area contributed by atoms with Gasteiger partial charge < -0.3 is 4.42 Å². The number of hydrogen-bond donors (Lipinski definition) is 1. The molecule has 3 rings (SSSR count). The molecule has 2 aromatic heterocycles. The van der Waals surface area contributed by atoms with Gasteiger partial charge in [-0.2, -0.15) is 5.10 Å².